The third-order valence-electron chi connectivity index (χ3n) is 2.44. The largest absolute Gasteiger partial charge is 0.490 e. The predicted octanol–water partition coefficient (Wildman–Crippen LogP) is 1.23. The van der Waals surface area contributed by atoms with Gasteiger partial charge < -0.3 is 14.8 Å². The summed E-state index contributed by atoms with van der Waals surface area (Å²) in [4.78, 5) is 28.1. The van der Waals surface area contributed by atoms with E-state index in [0.717, 1.165) is 6.07 Å². The lowest BCUT2D eigenvalue weighted by molar-refractivity contribution is 0.0689. The van der Waals surface area contributed by atoms with E-state index in [4.69, 9.17) is 9.84 Å². The summed E-state index contributed by atoms with van der Waals surface area (Å²) in [6.45, 7) is 0.0624. The van der Waals surface area contributed by atoms with E-state index in [-0.39, 0.29) is 30.3 Å². The topological polar surface area (TPSA) is 92.3 Å². The average molecular weight is 278 g/mol. The van der Waals surface area contributed by atoms with Crippen LogP contribution in [0.4, 0.5) is 4.39 Å². The minimum Gasteiger partial charge on any atom is -0.490 e. The third-order valence-corrected chi connectivity index (χ3v) is 2.44. The average Bonchev–Trinajstić information content (AvgIpc) is 2.40. The highest BCUT2D eigenvalue weighted by atomic mass is 19.1. The number of carbonyl (C=O) groups is 1. The van der Waals surface area contributed by atoms with Crippen molar-refractivity contribution in [2.45, 2.75) is 6.42 Å². The van der Waals surface area contributed by atoms with Gasteiger partial charge in [0.25, 0.3) is 5.56 Å². The fourth-order valence-corrected chi connectivity index (χ4v) is 1.56. The molecule has 104 valence electrons. The molecule has 0 aliphatic carbocycles. The Hall–Kier alpha value is -2.70. The first-order valence-electron chi connectivity index (χ1n) is 5.77. The molecular formula is C13H11FN2O4. The summed E-state index contributed by atoms with van der Waals surface area (Å²) in [6.07, 6.45) is 0.157. The van der Waals surface area contributed by atoms with Gasteiger partial charge in [-0.05, 0) is 12.1 Å². The molecule has 0 spiro atoms. The number of hydrogen-bond donors (Lipinski definition) is 2. The summed E-state index contributed by atoms with van der Waals surface area (Å²) in [5, 5.41) is 8.78. The molecule has 7 heteroatoms. The highest BCUT2D eigenvalue weighted by Gasteiger charge is 2.08. The van der Waals surface area contributed by atoms with Crippen LogP contribution in [0, 0.1) is 5.82 Å². The molecule has 6 nitrogen and oxygen atoms in total. The van der Waals surface area contributed by atoms with Crippen molar-refractivity contribution in [2.24, 2.45) is 0 Å². The minimum atomic E-state index is -1.28. The molecular weight excluding hydrogens is 267 g/mol. The molecule has 1 aromatic heterocycles. The van der Waals surface area contributed by atoms with Gasteiger partial charge in [-0.1, -0.05) is 12.1 Å². The smallest absolute Gasteiger partial charge is 0.354 e. The number of H-pyrrole nitrogens is 1. The second kappa shape index (κ2) is 5.96. The lowest BCUT2D eigenvalue weighted by atomic mass is 10.3. The molecule has 2 aromatic rings. The van der Waals surface area contributed by atoms with Crippen molar-refractivity contribution in [3.8, 4) is 5.75 Å². The maximum atomic E-state index is 13.3. The molecule has 0 aliphatic rings. The summed E-state index contributed by atoms with van der Waals surface area (Å²) in [7, 11) is 0. The second-order valence-corrected chi connectivity index (χ2v) is 3.91. The Morgan fingerprint density at radius 2 is 2.15 bits per heavy atom. The maximum absolute atomic E-state index is 13.3. The number of aromatic nitrogens is 2. The number of benzene rings is 1. The fourth-order valence-electron chi connectivity index (χ4n) is 1.56. The number of para-hydroxylation sites is 1. The molecule has 0 aliphatic heterocycles. The molecule has 0 fully saturated rings. The van der Waals surface area contributed by atoms with E-state index in [9.17, 15) is 14.0 Å². The van der Waals surface area contributed by atoms with Gasteiger partial charge in [-0.2, -0.15) is 0 Å². The zero-order valence-corrected chi connectivity index (χ0v) is 10.3. The first kappa shape index (κ1) is 13.7. The van der Waals surface area contributed by atoms with E-state index in [1.807, 2.05) is 0 Å². The van der Waals surface area contributed by atoms with Crippen molar-refractivity contribution in [1.29, 1.82) is 0 Å². The van der Waals surface area contributed by atoms with Crippen LogP contribution in [0.15, 0.2) is 35.1 Å². The Morgan fingerprint density at radius 1 is 1.40 bits per heavy atom. The number of ether oxygens (including phenoxy) is 1. The van der Waals surface area contributed by atoms with Crippen molar-refractivity contribution in [1.82, 2.24) is 9.97 Å². The Kier molecular flexibility index (Phi) is 4.09. The van der Waals surface area contributed by atoms with Gasteiger partial charge in [0.2, 0.25) is 0 Å². The molecule has 0 saturated carbocycles. The molecule has 2 rings (SSSR count). The van der Waals surface area contributed by atoms with Gasteiger partial charge in [0, 0.05) is 12.5 Å². The highest BCUT2D eigenvalue weighted by Crippen LogP contribution is 2.15. The molecule has 0 bridgehead atoms. The summed E-state index contributed by atoms with van der Waals surface area (Å²) in [6, 6.07) is 6.80. The number of hydrogen-bond acceptors (Lipinski definition) is 4. The number of carboxylic acids is 1. The standard InChI is InChI=1S/C13H11FN2O4/c14-8-3-1-2-4-10(8)20-6-5-11-15-9(13(18)19)7-12(17)16-11/h1-4,7H,5-6H2,(H,18,19)(H,15,16,17). The zero-order valence-electron chi connectivity index (χ0n) is 10.3. The maximum Gasteiger partial charge on any atom is 0.354 e. The minimum absolute atomic E-state index is 0.0624. The van der Waals surface area contributed by atoms with Gasteiger partial charge in [-0.25, -0.2) is 14.2 Å². The molecule has 0 saturated heterocycles. The lowest BCUT2D eigenvalue weighted by Gasteiger charge is -2.06. The normalized spacial score (nSPS) is 10.2. The Labute approximate surface area is 112 Å². The molecule has 20 heavy (non-hydrogen) atoms. The number of nitrogens with zero attached hydrogens (tertiary/aromatic N) is 1. The van der Waals surface area contributed by atoms with Crippen LogP contribution < -0.4 is 10.3 Å². The van der Waals surface area contributed by atoms with Gasteiger partial charge in [0.15, 0.2) is 17.3 Å². The highest BCUT2D eigenvalue weighted by molar-refractivity contribution is 5.85. The van der Waals surface area contributed by atoms with Crippen LogP contribution >= 0.6 is 0 Å². The summed E-state index contributed by atoms with van der Waals surface area (Å²) >= 11 is 0. The Morgan fingerprint density at radius 3 is 2.85 bits per heavy atom. The van der Waals surface area contributed by atoms with E-state index in [1.165, 1.54) is 18.2 Å². The van der Waals surface area contributed by atoms with Gasteiger partial charge in [0.1, 0.15) is 5.82 Å². The third kappa shape index (κ3) is 3.41. The van der Waals surface area contributed by atoms with E-state index in [2.05, 4.69) is 9.97 Å². The molecule has 1 heterocycles. The van der Waals surface area contributed by atoms with Crippen LogP contribution in [-0.4, -0.2) is 27.7 Å². The Bertz CT molecular complexity index is 684. The number of carboxylic acid groups (broad SMARTS) is 1. The van der Waals surface area contributed by atoms with Gasteiger partial charge in [-0.15, -0.1) is 0 Å². The van der Waals surface area contributed by atoms with Crippen molar-refractivity contribution in [2.75, 3.05) is 6.61 Å². The number of nitrogens with one attached hydrogen (secondary N) is 1. The molecule has 0 unspecified atom stereocenters. The van der Waals surface area contributed by atoms with Crippen molar-refractivity contribution in [3.63, 3.8) is 0 Å². The van der Waals surface area contributed by atoms with Crippen molar-refractivity contribution >= 4 is 5.97 Å². The monoisotopic (exact) mass is 278 g/mol. The molecule has 1 aromatic carbocycles. The van der Waals surface area contributed by atoms with E-state index in [1.54, 1.807) is 6.07 Å². The summed E-state index contributed by atoms with van der Waals surface area (Å²) < 4.78 is 18.5. The molecule has 2 N–H and O–H groups in total. The van der Waals surface area contributed by atoms with Crippen LogP contribution in [0.25, 0.3) is 0 Å². The first-order chi connectivity index (χ1) is 9.56. The first-order valence-corrected chi connectivity index (χ1v) is 5.77. The SMILES string of the molecule is O=C(O)c1cc(=O)[nH]c(CCOc2ccccc2F)n1. The lowest BCUT2D eigenvalue weighted by Crippen LogP contribution is -2.17. The van der Waals surface area contributed by atoms with Crippen LogP contribution in [-0.2, 0) is 6.42 Å². The van der Waals surface area contributed by atoms with Crippen molar-refractivity contribution < 1.29 is 19.0 Å². The molecule has 0 amide bonds. The van der Waals surface area contributed by atoms with Gasteiger partial charge in [0.05, 0.1) is 6.61 Å². The predicted molar refractivity (Wildman–Crippen MR) is 67.4 cm³/mol. The van der Waals surface area contributed by atoms with Crippen LogP contribution in [0.3, 0.4) is 0 Å². The fraction of sp³-hybridized carbons (Fsp3) is 0.154. The number of halogens is 1. The number of aromatic carboxylic acids is 1. The molecule has 0 atom stereocenters. The number of aromatic amines is 1. The Balaban J connectivity index is 2.03. The summed E-state index contributed by atoms with van der Waals surface area (Å²) in [5.74, 6) is -1.52. The van der Waals surface area contributed by atoms with E-state index >= 15 is 0 Å². The second-order valence-electron chi connectivity index (χ2n) is 3.91. The van der Waals surface area contributed by atoms with Gasteiger partial charge in [-0.3, -0.25) is 4.79 Å². The van der Waals surface area contributed by atoms with E-state index in [0.29, 0.717) is 0 Å². The zero-order chi connectivity index (χ0) is 14.5. The van der Waals surface area contributed by atoms with Crippen LogP contribution in [0.2, 0.25) is 0 Å². The van der Waals surface area contributed by atoms with E-state index < -0.39 is 17.3 Å². The van der Waals surface area contributed by atoms with Crippen molar-refractivity contribution in [3.05, 3.63) is 58.0 Å². The van der Waals surface area contributed by atoms with Gasteiger partial charge >= 0.3 is 5.97 Å². The molecule has 0 radical (unpaired) electrons. The summed E-state index contributed by atoms with van der Waals surface area (Å²) in [5.41, 5.74) is -0.895. The van der Waals surface area contributed by atoms with Crippen LogP contribution in [0.5, 0.6) is 5.75 Å². The quantitative estimate of drug-likeness (QED) is 0.858. The van der Waals surface area contributed by atoms with Crippen LogP contribution in [0.1, 0.15) is 16.3 Å². The number of rotatable bonds is 5.